The van der Waals surface area contributed by atoms with Gasteiger partial charge < -0.3 is 14.4 Å². The fourth-order valence-corrected chi connectivity index (χ4v) is 5.99. The summed E-state index contributed by atoms with van der Waals surface area (Å²) < 4.78 is 42.7. The first-order valence-electron chi connectivity index (χ1n) is 15.8. The number of halogens is 3. The molecule has 0 unspecified atom stereocenters. The number of anilines is 1. The van der Waals surface area contributed by atoms with Crippen molar-refractivity contribution in [2.75, 3.05) is 31.1 Å². The van der Waals surface area contributed by atoms with Crippen LogP contribution in [0, 0.1) is 17.5 Å². The second kappa shape index (κ2) is 14.6. The SMILES string of the molecule is O=C(CC(=O)c1cc(Cc2cc(F)c(F)c(F)c2)cn(Cc2ccccc2)c1=O)C(=O)N1CCN(c2ccc(-c3ccccc3)cc2)CC1. The van der Waals surface area contributed by atoms with Crippen LogP contribution in [0.2, 0.25) is 0 Å². The van der Waals surface area contributed by atoms with E-state index in [1.54, 1.807) is 30.3 Å². The van der Waals surface area contributed by atoms with E-state index in [1.807, 2.05) is 54.6 Å². The molecule has 1 fully saturated rings. The van der Waals surface area contributed by atoms with Crippen molar-refractivity contribution in [2.45, 2.75) is 19.4 Å². The highest BCUT2D eigenvalue weighted by Gasteiger charge is 2.29. The van der Waals surface area contributed by atoms with Gasteiger partial charge in [0.1, 0.15) is 0 Å². The maximum atomic E-state index is 13.9. The highest BCUT2D eigenvalue weighted by Crippen LogP contribution is 2.24. The molecule has 49 heavy (non-hydrogen) atoms. The smallest absolute Gasteiger partial charge is 0.290 e. The zero-order valence-electron chi connectivity index (χ0n) is 26.5. The van der Waals surface area contributed by atoms with Gasteiger partial charge in [0, 0.05) is 38.1 Å². The number of hydrogen-bond donors (Lipinski definition) is 0. The number of carbonyl (C=O) groups is 3. The number of rotatable bonds is 10. The van der Waals surface area contributed by atoms with Gasteiger partial charge in [-0.05, 0) is 64.6 Å². The quantitative estimate of drug-likeness (QED) is 0.0786. The predicted molar refractivity (Wildman–Crippen MR) is 180 cm³/mol. The molecular formula is C39H32F3N3O4. The summed E-state index contributed by atoms with van der Waals surface area (Å²) in [4.78, 5) is 56.6. The summed E-state index contributed by atoms with van der Waals surface area (Å²) in [5.74, 6) is -6.92. The van der Waals surface area contributed by atoms with E-state index in [4.69, 9.17) is 0 Å². The Labute approximate surface area is 280 Å². The molecule has 5 aromatic rings. The Balaban J connectivity index is 1.14. The minimum atomic E-state index is -1.60. The lowest BCUT2D eigenvalue weighted by Gasteiger charge is -2.35. The molecule has 4 aromatic carbocycles. The third kappa shape index (κ3) is 7.70. The summed E-state index contributed by atoms with van der Waals surface area (Å²) in [6.07, 6.45) is 0.506. The van der Waals surface area contributed by atoms with Crippen LogP contribution in [-0.2, 0) is 22.6 Å². The topological polar surface area (TPSA) is 79.7 Å². The Kier molecular flexibility index (Phi) is 9.84. The number of piperazine rings is 1. The normalized spacial score (nSPS) is 13.0. The molecule has 248 valence electrons. The molecule has 1 aliphatic heterocycles. The lowest BCUT2D eigenvalue weighted by atomic mass is 10.0. The average Bonchev–Trinajstić information content (AvgIpc) is 3.12. The summed E-state index contributed by atoms with van der Waals surface area (Å²) in [6.45, 7) is 1.63. The first-order valence-corrected chi connectivity index (χ1v) is 15.8. The number of Topliss-reactive ketones (excluding diaryl/α,β-unsaturated/α-hetero) is 2. The van der Waals surface area contributed by atoms with E-state index in [1.165, 1.54) is 21.7 Å². The maximum Gasteiger partial charge on any atom is 0.290 e. The minimum absolute atomic E-state index is 0.0755. The third-order valence-corrected chi connectivity index (χ3v) is 8.56. The summed E-state index contributed by atoms with van der Waals surface area (Å²) >= 11 is 0. The van der Waals surface area contributed by atoms with E-state index < -0.39 is 46.9 Å². The Hall–Kier alpha value is -5.77. The Morgan fingerprint density at radius 1 is 0.653 bits per heavy atom. The first kappa shape index (κ1) is 33.1. The van der Waals surface area contributed by atoms with E-state index in [9.17, 15) is 32.3 Å². The number of benzene rings is 4. The van der Waals surface area contributed by atoms with Gasteiger partial charge in [0.2, 0.25) is 5.78 Å². The van der Waals surface area contributed by atoms with Gasteiger partial charge in [-0.25, -0.2) is 13.2 Å². The van der Waals surface area contributed by atoms with E-state index in [2.05, 4.69) is 4.90 Å². The van der Waals surface area contributed by atoms with Gasteiger partial charge in [0.25, 0.3) is 11.5 Å². The molecule has 6 rings (SSSR count). The number of aromatic nitrogens is 1. The van der Waals surface area contributed by atoms with Gasteiger partial charge in [-0.3, -0.25) is 19.2 Å². The standard InChI is InChI=1S/C39H32F3N3O4/c40-33-21-27(22-34(41)37(33)42)19-28-20-32(38(48)45(25-28)24-26-7-3-1-4-8-26)35(46)23-36(47)39(49)44-17-15-43(16-18-44)31-13-11-30(12-14-31)29-9-5-2-6-10-29/h1-14,20-22,25H,15-19,23-24H2. The highest BCUT2D eigenvalue weighted by molar-refractivity contribution is 6.40. The van der Waals surface area contributed by atoms with Crippen LogP contribution >= 0.6 is 0 Å². The number of hydrogen-bond acceptors (Lipinski definition) is 5. The lowest BCUT2D eigenvalue weighted by Crippen LogP contribution is -2.50. The van der Waals surface area contributed by atoms with Gasteiger partial charge in [-0.15, -0.1) is 0 Å². The van der Waals surface area contributed by atoms with Crippen molar-refractivity contribution >= 4 is 23.2 Å². The summed E-state index contributed by atoms with van der Waals surface area (Å²) in [5, 5.41) is 0. The van der Waals surface area contributed by atoms with Crippen molar-refractivity contribution in [3.8, 4) is 11.1 Å². The second-order valence-electron chi connectivity index (χ2n) is 11.9. The molecule has 0 N–H and O–H groups in total. The van der Waals surface area contributed by atoms with Gasteiger partial charge in [0.15, 0.2) is 23.2 Å². The molecule has 0 spiro atoms. The van der Waals surface area contributed by atoms with E-state index in [0.29, 0.717) is 18.7 Å². The zero-order valence-corrected chi connectivity index (χ0v) is 26.5. The lowest BCUT2D eigenvalue weighted by molar-refractivity contribution is -0.144. The Morgan fingerprint density at radius 2 is 1.24 bits per heavy atom. The van der Waals surface area contributed by atoms with Gasteiger partial charge >= 0.3 is 0 Å². The summed E-state index contributed by atoms with van der Waals surface area (Å²) in [7, 11) is 0. The molecule has 0 saturated carbocycles. The van der Waals surface area contributed by atoms with Crippen LogP contribution in [-0.4, -0.2) is 53.1 Å². The largest absolute Gasteiger partial charge is 0.368 e. The zero-order chi connectivity index (χ0) is 34.5. The fourth-order valence-electron chi connectivity index (χ4n) is 5.99. The molecule has 0 bridgehead atoms. The molecular weight excluding hydrogens is 631 g/mol. The van der Waals surface area contributed by atoms with E-state index in [-0.39, 0.29) is 37.2 Å². The fraction of sp³-hybridized carbons (Fsp3) is 0.179. The van der Waals surface area contributed by atoms with Crippen LogP contribution in [0.1, 0.15) is 33.5 Å². The molecule has 1 aliphatic rings. The maximum absolute atomic E-state index is 13.9. The molecule has 1 saturated heterocycles. The number of ketones is 2. The van der Waals surface area contributed by atoms with E-state index in [0.717, 1.165) is 34.5 Å². The van der Waals surface area contributed by atoms with E-state index >= 15 is 0 Å². The number of amides is 1. The van der Waals surface area contributed by atoms with Crippen LogP contribution in [0.15, 0.2) is 114 Å². The average molecular weight is 664 g/mol. The molecule has 0 atom stereocenters. The number of nitrogens with zero attached hydrogens (tertiary/aromatic N) is 3. The van der Waals surface area contributed by atoms with Crippen molar-refractivity contribution in [1.29, 1.82) is 0 Å². The van der Waals surface area contributed by atoms with Gasteiger partial charge in [-0.2, -0.15) is 0 Å². The molecule has 0 radical (unpaired) electrons. The minimum Gasteiger partial charge on any atom is -0.368 e. The monoisotopic (exact) mass is 663 g/mol. The van der Waals surface area contributed by atoms with Gasteiger partial charge in [-0.1, -0.05) is 72.8 Å². The van der Waals surface area contributed by atoms with Gasteiger partial charge in [0.05, 0.1) is 18.5 Å². The first-order chi connectivity index (χ1) is 23.7. The highest BCUT2D eigenvalue weighted by atomic mass is 19.2. The van der Waals surface area contributed by atoms with Crippen molar-refractivity contribution in [3.63, 3.8) is 0 Å². The Bertz CT molecular complexity index is 2030. The summed E-state index contributed by atoms with van der Waals surface area (Å²) in [6, 6.07) is 30.0. The molecule has 10 heteroatoms. The summed E-state index contributed by atoms with van der Waals surface area (Å²) in [5.41, 5.74) is 3.33. The number of pyridine rings is 1. The third-order valence-electron chi connectivity index (χ3n) is 8.56. The van der Waals surface area contributed by atoms with Crippen molar-refractivity contribution in [1.82, 2.24) is 9.47 Å². The molecule has 7 nitrogen and oxygen atoms in total. The number of carbonyl (C=O) groups excluding carboxylic acids is 3. The van der Waals surface area contributed by atoms with Crippen LogP contribution in [0.3, 0.4) is 0 Å². The van der Waals surface area contributed by atoms with Crippen molar-refractivity contribution in [2.24, 2.45) is 0 Å². The second-order valence-corrected chi connectivity index (χ2v) is 11.9. The molecule has 1 amide bonds. The van der Waals surface area contributed by atoms with Crippen molar-refractivity contribution in [3.05, 3.63) is 159 Å². The van der Waals surface area contributed by atoms with Crippen LogP contribution in [0.4, 0.5) is 18.9 Å². The van der Waals surface area contributed by atoms with Crippen LogP contribution in [0.25, 0.3) is 11.1 Å². The molecule has 2 heterocycles. The van der Waals surface area contributed by atoms with Crippen LogP contribution < -0.4 is 10.5 Å². The Morgan fingerprint density at radius 3 is 1.88 bits per heavy atom. The van der Waals surface area contributed by atoms with Crippen LogP contribution in [0.5, 0.6) is 0 Å². The van der Waals surface area contributed by atoms with Crippen molar-refractivity contribution < 1.29 is 27.6 Å². The molecule has 1 aromatic heterocycles. The molecule has 0 aliphatic carbocycles. The predicted octanol–water partition coefficient (Wildman–Crippen LogP) is 6.06.